The summed E-state index contributed by atoms with van der Waals surface area (Å²) in [5.41, 5.74) is 4.06. The van der Waals surface area contributed by atoms with Crippen molar-refractivity contribution in [2.75, 3.05) is 37.4 Å². The van der Waals surface area contributed by atoms with Gasteiger partial charge in [-0.05, 0) is 54.3 Å². The van der Waals surface area contributed by atoms with Gasteiger partial charge >= 0.3 is 6.03 Å². The summed E-state index contributed by atoms with van der Waals surface area (Å²) in [6.07, 6.45) is 2.46. The molecule has 176 valence electrons. The average Bonchev–Trinajstić information content (AvgIpc) is 3.28. The molecule has 0 aliphatic carbocycles. The first kappa shape index (κ1) is 24.3. The summed E-state index contributed by atoms with van der Waals surface area (Å²) < 4.78 is 5.46. The highest BCUT2D eigenvalue weighted by Gasteiger charge is 2.16. The fourth-order valence-electron chi connectivity index (χ4n) is 3.43. The zero-order chi connectivity index (χ0) is 23.8. The van der Waals surface area contributed by atoms with E-state index in [1.807, 2.05) is 60.3 Å². The van der Waals surface area contributed by atoms with Gasteiger partial charge in [-0.25, -0.2) is 4.79 Å². The van der Waals surface area contributed by atoms with E-state index in [9.17, 15) is 4.79 Å². The molecule has 7 heteroatoms. The molecule has 2 amide bonds. The van der Waals surface area contributed by atoms with Crippen LogP contribution in [0.1, 0.15) is 51.0 Å². The van der Waals surface area contributed by atoms with Gasteiger partial charge in [0, 0.05) is 50.5 Å². The van der Waals surface area contributed by atoms with Crippen molar-refractivity contribution >= 4 is 17.4 Å². The van der Waals surface area contributed by atoms with Gasteiger partial charge in [-0.15, -0.1) is 0 Å². The molecule has 0 saturated heterocycles. The fourth-order valence-corrected chi connectivity index (χ4v) is 3.43. The number of anilines is 2. The third kappa shape index (κ3) is 6.81. The van der Waals surface area contributed by atoms with E-state index in [0.717, 1.165) is 29.8 Å². The van der Waals surface area contributed by atoms with Crippen molar-refractivity contribution in [3.05, 3.63) is 60.0 Å². The molecule has 1 N–H and O–H groups in total. The summed E-state index contributed by atoms with van der Waals surface area (Å²) in [6.45, 7) is 7.62. The van der Waals surface area contributed by atoms with E-state index in [1.165, 1.54) is 5.56 Å². The van der Waals surface area contributed by atoms with Gasteiger partial charge in [-0.2, -0.15) is 4.98 Å². The topological polar surface area (TPSA) is 74.5 Å². The number of aromatic nitrogens is 2. The van der Waals surface area contributed by atoms with E-state index in [1.54, 1.807) is 0 Å². The average molecular weight is 450 g/mol. The monoisotopic (exact) mass is 449 g/mol. The Bertz CT molecular complexity index is 1010. The first-order chi connectivity index (χ1) is 15.9. The minimum Gasteiger partial charge on any atom is -0.378 e. The van der Waals surface area contributed by atoms with E-state index >= 15 is 0 Å². The normalized spacial score (nSPS) is 11.0. The lowest BCUT2D eigenvalue weighted by molar-refractivity contribution is 0.209. The van der Waals surface area contributed by atoms with Gasteiger partial charge in [0.2, 0.25) is 11.7 Å². The predicted octanol–water partition coefficient (Wildman–Crippen LogP) is 5.80. The molecule has 7 nitrogen and oxygen atoms in total. The summed E-state index contributed by atoms with van der Waals surface area (Å²) >= 11 is 0. The highest BCUT2D eigenvalue weighted by molar-refractivity contribution is 5.89. The molecule has 0 aliphatic heterocycles. The van der Waals surface area contributed by atoms with Crippen LogP contribution in [0.4, 0.5) is 16.2 Å². The highest BCUT2D eigenvalue weighted by Crippen LogP contribution is 2.21. The largest absolute Gasteiger partial charge is 0.378 e. The van der Waals surface area contributed by atoms with Crippen LogP contribution in [0.3, 0.4) is 0 Å². The van der Waals surface area contributed by atoms with E-state index in [4.69, 9.17) is 4.52 Å². The molecule has 1 aromatic heterocycles. The number of carbonyl (C=O) groups is 1. The van der Waals surface area contributed by atoms with Gasteiger partial charge in [-0.1, -0.05) is 44.5 Å². The van der Waals surface area contributed by atoms with Crippen LogP contribution in [0.5, 0.6) is 0 Å². The van der Waals surface area contributed by atoms with Gasteiger partial charge in [0.25, 0.3) is 0 Å². The fraction of sp³-hybridized carbons (Fsp3) is 0.423. The van der Waals surface area contributed by atoms with Crippen molar-refractivity contribution in [3.8, 4) is 11.4 Å². The number of hydrogen-bond acceptors (Lipinski definition) is 5. The van der Waals surface area contributed by atoms with Crippen molar-refractivity contribution in [3.63, 3.8) is 0 Å². The highest BCUT2D eigenvalue weighted by atomic mass is 16.5. The minimum absolute atomic E-state index is 0.111. The number of unbranched alkanes of at least 4 members (excludes halogenated alkanes) is 1. The van der Waals surface area contributed by atoms with Crippen LogP contribution in [-0.2, 0) is 6.42 Å². The minimum atomic E-state index is -0.111. The van der Waals surface area contributed by atoms with Crippen molar-refractivity contribution in [2.45, 2.75) is 46.0 Å². The van der Waals surface area contributed by atoms with E-state index in [2.05, 4.69) is 48.4 Å². The summed E-state index contributed by atoms with van der Waals surface area (Å²) in [7, 11) is 4.01. The van der Waals surface area contributed by atoms with Crippen LogP contribution in [0.25, 0.3) is 11.4 Å². The number of amides is 2. The summed E-state index contributed by atoms with van der Waals surface area (Å²) in [4.78, 5) is 21.3. The Morgan fingerprint density at radius 1 is 1.03 bits per heavy atom. The van der Waals surface area contributed by atoms with Gasteiger partial charge < -0.3 is 19.6 Å². The molecule has 0 fully saturated rings. The predicted molar refractivity (Wildman–Crippen MR) is 134 cm³/mol. The second-order valence-corrected chi connectivity index (χ2v) is 8.75. The van der Waals surface area contributed by atoms with E-state index in [-0.39, 0.29) is 6.03 Å². The molecular formula is C26H35N5O2. The Kier molecular flexibility index (Phi) is 8.46. The Labute approximate surface area is 196 Å². The zero-order valence-electron chi connectivity index (χ0n) is 20.3. The maximum atomic E-state index is 12.9. The Balaban J connectivity index is 1.61. The van der Waals surface area contributed by atoms with Crippen LogP contribution in [-0.4, -0.2) is 48.3 Å². The molecule has 0 saturated carbocycles. The Hall–Kier alpha value is -3.35. The smallest absolute Gasteiger partial charge is 0.321 e. The van der Waals surface area contributed by atoms with Gasteiger partial charge in [0.1, 0.15) is 0 Å². The molecular weight excluding hydrogens is 414 g/mol. The number of nitrogens with zero attached hydrogens (tertiary/aromatic N) is 4. The molecule has 0 bridgehead atoms. The number of nitrogens with one attached hydrogen (secondary N) is 1. The maximum Gasteiger partial charge on any atom is 0.321 e. The van der Waals surface area contributed by atoms with Crippen molar-refractivity contribution in [1.82, 2.24) is 15.0 Å². The zero-order valence-corrected chi connectivity index (χ0v) is 20.3. The van der Waals surface area contributed by atoms with Crippen molar-refractivity contribution in [2.24, 2.45) is 0 Å². The molecule has 0 atom stereocenters. The van der Waals surface area contributed by atoms with Gasteiger partial charge in [0.15, 0.2) is 0 Å². The van der Waals surface area contributed by atoms with Crippen molar-refractivity contribution in [1.29, 1.82) is 0 Å². The Morgan fingerprint density at radius 2 is 1.73 bits per heavy atom. The lowest BCUT2D eigenvalue weighted by Crippen LogP contribution is -2.37. The van der Waals surface area contributed by atoms with Crippen LogP contribution in [0.2, 0.25) is 0 Å². The number of urea groups is 1. The summed E-state index contributed by atoms with van der Waals surface area (Å²) in [5.74, 6) is 1.54. The maximum absolute atomic E-state index is 12.9. The lowest BCUT2D eigenvalue weighted by Gasteiger charge is -2.22. The molecule has 3 rings (SSSR count). The summed E-state index contributed by atoms with van der Waals surface area (Å²) in [5, 5.41) is 7.13. The van der Waals surface area contributed by atoms with Crippen LogP contribution >= 0.6 is 0 Å². The molecule has 1 heterocycles. The molecule has 0 aliphatic rings. The van der Waals surface area contributed by atoms with Crippen LogP contribution in [0, 0.1) is 0 Å². The molecule has 0 spiro atoms. The molecule has 0 unspecified atom stereocenters. The Morgan fingerprint density at radius 3 is 2.33 bits per heavy atom. The van der Waals surface area contributed by atoms with Gasteiger partial charge in [-0.3, -0.25) is 0 Å². The SMILES string of the molecule is CCCCN(CCc1nc(-c2ccc(N(C)C)cc2)no1)C(=O)Nc1ccc(C(C)C)cc1. The number of hydrogen-bond donors (Lipinski definition) is 1. The second kappa shape index (κ2) is 11.5. The van der Waals surface area contributed by atoms with Crippen LogP contribution in [0.15, 0.2) is 53.1 Å². The summed E-state index contributed by atoms with van der Waals surface area (Å²) in [6, 6.07) is 15.9. The third-order valence-corrected chi connectivity index (χ3v) is 5.60. The second-order valence-electron chi connectivity index (χ2n) is 8.75. The van der Waals surface area contributed by atoms with Crippen molar-refractivity contribution < 1.29 is 9.32 Å². The first-order valence-electron chi connectivity index (χ1n) is 11.6. The molecule has 3 aromatic rings. The molecule has 2 aromatic carbocycles. The standard InChI is InChI=1S/C26H35N5O2/c1-6-7-17-31(26(32)27-22-12-8-20(9-13-22)19(2)3)18-16-24-28-25(29-33-24)21-10-14-23(15-11-21)30(4)5/h8-15,19H,6-7,16-18H2,1-5H3,(H,27,32). The molecule has 0 radical (unpaired) electrons. The first-order valence-corrected chi connectivity index (χ1v) is 11.6. The van der Waals surface area contributed by atoms with E-state index in [0.29, 0.717) is 37.1 Å². The number of benzene rings is 2. The number of rotatable bonds is 10. The number of carbonyl (C=O) groups excluding carboxylic acids is 1. The van der Waals surface area contributed by atoms with Gasteiger partial charge in [0.05, 0.1) is 0 Å². The third-order valence-electron chi connectivity index (χ3n) is 5.60. The molecule has 33 heavy (non-hydrogen) atoms. The van der Waals surface area contributed by atoms with E-state index < -0.39 is 0 Å². The quantitative estimate of drug-likeness (QED) is 0.423. The lowest BCUT2D eigenvalue weighted by atomic mass is 10.0. The van der Waals surface area contributed by atoms with Crippen LogP contribution < -0.4 is 10.2 Å².